The molecule has 0 radical (unpaired) electrons. The third-order valence-corrected chi connectivity index (χ3v) is 6.61. The van der Waals surface area contributed by atoms with E-state index in [4.69, 9.17) is 14.7 Å². The van der Waals surface area contributed by atoms with Crippen LogP contribution in [0.1, 0.15) is 26.2 Å². The zero-order valence-electron chi connectivity index (χ0n) is 16.9. The Morgan fingerprint density at radius 3 is 2.38 bits per heavy atom. The van der Waals surface area contributed by atoms with Crippen LogP contribution in [0.5, 0.6) is 5.75 Å². The van der Waals surface area contributed by atoms with Gasteiger partial charge >= 0.3 is 0 Å². The average molecular weight is 430 g/mol. The maximum absolute atomic E-state index is 12.5. The van der Waals surface area contributed by atoms with Crippen molar-refractivity contribution < 1.29 is 27.9 Å². The summed E-state index contributed by atoms with van der Waals surface area (Å²) >= 11 is 0. The fraction of sp³-hybridized carbons (Fsp3) is 0.632. The summed E-state index contributed by atoms with van der Waals surface area (Å²) in [7, 11) is -3.30. The fourth-order valence-electron chi connectivity index (χ4n) is 3.11. The Kier molecular flexibility index (Phi) is 9.65. The number of nitrogens with one attached hydrogen (secondary N) is 1. The Balaban J connectivity index is 1.67. The SMILES string of the molecule is CCOc1ccc(N2CCN(S(=O)(=O)CCCOCCCC(=O)NO)CC2)cc1. The number of hydrogen-bond donors (Lipinski definition) is 2. The van der Waals surface area contributed by atoms with Gasteiger partial charge in [-0.2, -0.15) is 4.31 Å². The van der Waals surface area contributed by atoms with E-state index >= 15 is 0 Å². The highest BCUT2D eigenvalue weighted by molar-refractivity contribution is 7.89. The second-order valence-corrected chi connectivity index (χ2v) is 8.82. The van der Waals surface area contributed by atoms with Crippen molar-refractivity contribution in [2.75, 3.05) is 56.7 Å². The molecule has 0 aromatic heterocycles. The van der Waals surface area contributed by atoms with Crippen LogP contribution in [0.4, 0.5) is 5.69 Å². The van der Waals surface area contributed by atoms with E-state index in [1.807, 2.05) is 31.2 Å². The molecule has 1 amide bonds. The lowest BCUT2D eigenvalue weighted by Gasteiger charge is -2.35. The summed E-state index contributed by atoms with van der Waals surface area (Å²) in [5.74, 6) is 0.421. The standard InChI is InChI=1S/C19H31N3O6S/c1-2-28-18-8-6-17(7-9-18)21-10-12-22(13-11-21)29(25,26)16-4-15-27-14-3-5-19(23)20-24/h6-9,24H,2-5,10-16H2,1H3,(H,20,23). The number of anilines is 1. The Morgan fingerprint density at radius 1 is 1.10 bits per heavy atom. The molecular weight excluding hydrogens is 398 g/mol. The van der Waals surface area contributed by atoms with E-state index in [-0.39, 0.29) is 12.2 Å². The summed E-state index contributed by atoms with van der Waals surface area (Å²) in [5.41, 5.74) is 2.62. The van der Waals surface area contributed by atoms with Crippen molar-refractivity contribution in [2.45, 2.75) is 26.2 Å². The molecule has 9 nitrogen and oxygen atoms in total. The molecule has 0 bridgehead atoms. The Labute approximate surface area is 172 Å². The van der Waals surface area contributed by atoms with Crippen molar-refractivity contribution in [1.82, 2.24) is 9.79 Å². The number of amides is 1. The van der Waals surface area contributed by atoms with Gasteiger partial charge in [0.2, 0.25) is 15.9 Å². The molecule has 1 fully saturated rings. The van der Waals surface area contributed by atoms with Gasteiger partial charge in [-0.25, -0.2) is 13.9 Å². The van der Waals surface area contributed by atoms with Crippen molar-refractivity contribution in [1.29, 1.82) is 0 Å². The largest absolute Gasteiger partial charge is 0.494 e. The van der Waals surface area contributed by atoms with Crippen LogP contribution < -0.4 is 15.1 Å². The van der Waals surface area contributed by atoms with Crippen LogP contribution in [0.15, 0.2) is 24.3 Å². The van der Waals surface area contributed by atoms with Gasteiger partial charge in [-0.3, -0.25) is 10.0 Å². The van der Waals surface area contributed by atoms with Gasteiger partial charge in [0, 0.05) is 51.5 Å². The molecule has 2 rings (SSSR count). The van der Waals surface area contributed by atoms with Crippen molar-refractivity contribution in [2.24, 2.45) is 0 Å². The number of carbonyl (C=O) groups is 1. The summed E-state index contributed by atoms with van der Waals surface area (Å²) in [6.07, 6.45) is 1.06. The van der Waals surface area contributed by atoms with E-state index in [0.29, 0.717) is 58.8 Å². The molecule has 29 heavy (non-hydrogen) atoms. The van der Waals surface area contributed by atoms with Crippen LogP contribution in [0.3, 0.4) is 0 Å². The first-order valence-corrected chi connectivity index (χ1v) is 11.5. The lowest BCUT2D eigenvalue weighted by Crippen LogP contribution is -2.49. The number of ether oxygens (including phenoxy) is 2. The number of hydroxylamine groups is 1. The quantitative estimate of drug-likeness (QED) is 0.292. The molecule has 1 aliphatic rings. The van der Waals surface area contributed by atoms with Gasteiger partial charge in [-0.15, -0.1) is 0 Å². The van der Waals surface area contributed by atoms with Gasteiger partial charge in [0.15, 0.2) is 0 Å². The highest BCUT2D eigenvalue weighted by atomic mass is 32.2. The molecule has 164 valence electrons. The minimum absolute atomic E-state index is 0.0488. The minimum Gasteiger partial charge on any atom is -0.494 e. The van der Waals surface area contributed by atoms with E-state index in [9.17, 15) is 13.2 Å². The van der Waals surface area contributed by atoms with Crippen molar-refractivity contribution in [3.63, 3.8) is 0 Å². The van der Waals surface area contributed by atoms with Gasteiger partial charge < -0.3 is 14.4 Å². The van der Waals surface area contributed by atoms with Gasteiger partial charge in [-0.05, 0) is 44.0 Å². The summed E-state index contributed by atoms with van der Waals surface area (Å²) in [6.45, 7) is 5.48. The van der Waals surface area contributed by atoms with Gasteiger partial charge in [-0.1, -0.05) is 0 Å². The number of benzene rings is 1. The van der Waals surface area contributed by atoms with Crippen LogP contribution in [0.2, 0.25) is 0 Å². The van der Waals surface area contributed by atoms with Crippen molar-refractivity contribution in [3.05, 3.63) is 24.3 Å². The molecule has 0 saturated carbocycles. The summed E-state index contributed by atoms with van der Waals surface area (Å²) in [6, 6.07) is 7.85. The number of hydrogen-bond acceptors (Lipinski definition) is 7. The second-order valence-electron chi connectivity index (χ2n) is 6.73. The Hall–Kier alpha value is -1.88. The summed E-state index contributed by atoms with van der Waals surface area (Å²) < 4.78 is 37.4. The molecule has 1 aromatic carbocycles. The first kappa shape index (κ1) is 23.4. The first-order valence-electron chi connectivity index (χ1n) is 9.92. The second kappa shape index (κ2) is 12.0. The zero-order valence-corrected chi connectivity index (χ0v) is 17.7. The molecule has 0 atom stereocenters. The number of sulfonamides is 1. The maximum atomic E-state index is 12.5. The lowest BCUT2D eigenvalue weighted by atomic mass is 10.2. The molecule has 0 aliphatic carbocycles. The van der Waals surface area contributed by atoms with E-state index in [1.165, 1.54) is 0 Å². The summed E-state index contributed by atoms with van der Waals surface area (Å²) in [4.78, 5) is 13.0. The minimum atomic E-state index is -3.30. The molecule has 1 aromatic rings. The van der Waals surface area contributed by atoms with Crippen LogP contribution >= 0.6 is 0 Å². The molecule has 1 heterocycles. The highest BCUT2D eigenvalue weighted by Gasteiger charge is 2.26. The van der Waals surface area contributed by atoms with Gasteiger partial charge in [0.1, 0.15) is 5.75 Å². The van der Waals surface area contributed by atoms with Crippen LogP contribution in [-0.2, 0) is 19.6 Å². The van der Waals surface area contributed by atoms with Crippen molar-refractivity contribution >= 4 is 21.6 Å². The van der Waals surface area contributed by atoms with Gasteiger partial charge in [0.05, 0.1) is 12.4 Å². The molecule has 1 aliphatic heterocycles. The van der Waals surface area contributed by atoms with E-state index < -0.39 is 15.9 Å². The Morgan fingerprint density at radius 2 is 1.76 bits per heavy atom. The maximum Gasteiger partial charge on any atom is 0.243 e. The number of piperazine rings is 1. The third-order valence-electron chi connectivity index (χ3n) is 4.65. The Bertz CT molecular complexity index is 718. The molecule has 2 N–H and O–H groups in total. The van der Waals surface area contributed by atoms with E-state index in [0.717, 1.165) is 11.4 Å². The molecule has 0 spiro atoms. The van der Waals surface area contributed by atoms with Crippen LogP contribution in [-0.4, -0.2) is 75.6 Å². The average Bonchev–Trinajstić information content (AvgIpc) is 2.73. The molecule has 0 unspecified atom stereocenters. The van der Waals surface area contributed by atoms with E-state index in [2.05, 4.69) is 4.90 Å². The molecule has 10 heteroatoms. The topological polar surface area (TPSA) is 108 Å². The fourth-order valence-corrected chi connectivity index (χ4v) is 4.57. The summed E-state index contributed by atoms with van der Waals surface area (Å²) in [5, 5.41) is 8.38. The predicted octanol–water partition coefficient (Wildman–Crippen LogP) is 1.23. The van der Waals surface area contributed by atoms with Gasteiger partial charge in [0.25, 0.3) is 0 Å². The smallest absolute Gasteiger partial charge is 0.243 e. The van der Waals surface area contributed by atoms with Crippen LogP contribution in [0, 0.1) is 0 Å². The monoisotopic (exact) mass is 429 g/mol. The predicted molar refractivity (Wildman–Crippen MR) is 110 cm³/mol. The molecule has 1 saturated heterocycles. The van der Waals surface area contributed by atoms with Crippen LogP contribution in [0.25, 0.3) is 0 Å². The number of carbonyl (C=O) groups excluding carboxylic acids is 1. The zero-order chi connectivity index (χ0) is 21.1. The van der Waals surface area contributed by atoms with E-state index in [1.54, 1.807) is 9.79 Å². The highest BCUT2D eigenvalue weighted by Crippen LogP contribution is 2.21. The lowest BCUT2D eigenvalue weighted by molar-refractivity contribution is -0.129. The first-order chi connectivity index (χ1) is 14.0. The van der Waals surface area contributed by atoms with Crippen molar-refractivity contribution in [3.8, 4) is 5.75 Å². The number of nitrogens with zero attached hydrogens (tertiary/aromatic N) is 2. The number of rotatable bonds is 12. The normalized spacial score (nSPS) is 15.3. The third kappa shape index (κ3) is 7.81. The molecular formula is C19H31N3O6S.